The number of fused-ring (bicyclic) bond motifs is 2. The molecule has 2 atom stereocenters. The fraction of sp³-hybridized carbons (Fsp3) is 0.451. The summed E-state index contributed by atoms with van der Waals surface area (Å²) in [7, 11) is -0.319. The molecule has 0 radical (unpaired) electrons. The summed E-state index contributed by atoms with van der Waals surface area (Å²) in [6, 6.07) is 26.3. The van der Waals surface area contributed by atoms with Gasteiger partial charge in [0, 0.05) is 16.6 Å². The van der Waals surface area contributed by atoms with E-state index in [1.54, 1.807) is 0 Å². The van der Waals surface area contributed by atoms with Crippen LogP contribution >= 0.6 is 0 Å². The normalized spacial score (nSPS) is 17.8. The van der Waals surface area contributed by atoms with E-state index in [-0.39, 0.29) is 21.7 Å². The highest BCUT2D eigenvalue weighted by atomic mass is 28.3. The van der Waals surface area contributed by atoms with Crippen molar-refractivity contribution in [1.29, 1.82) is 0 Å². The van der Waals surface area contributed by atoms with E-state index in [0.29, 0.717) is 11.1 Å². The zero-order valence-electron chi connectivity index (χ0n) is 36.1. The van der Waals surface area contributed by atoms with Gasteiger partial charge in [0.05, 0.1) is 15.2 Å². The summed E-state index contributed by atoms with van der Waals surface area (Å²) in [4.78, 5) is 0. The van der Waals surface area contributed by atoms with Crippen LogP contribution in [0.15, 0.2) is 77.9 Å². The first-order valence-corrected chi connectivity index (χ1v) is 23.0. The van der Waals surface area contributed by atoms with Crippen molar-refractivity contribution >= 4 is 20.2 Å². The number of allylic oxidation sites excluding steroid dienone is 2. The van der Waals surface area contributed by atoms with Crippen LogP contribution in [0.3, 0.4) is 0 Å². The Bertz CT molecular complexity index is 2090. The van der Waals surface area contributed by atoms with Gasteiger partial charge in [0.25, 0.3) is 0 Å². The molecular weight excluding hydrogens is 657 g/mol. The molecule has 2 aliphatic carbocycles. The SMILES string of the molecule is COc1ccc(-c2cc(C(C)(C)C)cc(C(C)(C)C)c2)c2c1C([Si](C)(C)C1C(C)=Cc3c(-c4ccc(C(C)(C)C)cc4)cc(C(C)(C)C)cc31)C(C)=C2. The smallest absolute Gasteiger partial charge is 0.123 e. The molecular formula is C51H66OSi. The molecule has 53 heavy (non-hydrogen) atoms. The predicted molar refractivity (Wildman–Crippen MR) is 235 cm³/mol. The number of ether oxygens (including phenoxy) is 1. The minimum atomic E-state index is -2.18. The van der Waals surface area contributed by atoms with Gasteiger partial charge in [-0.1, -0.05) is 180 Å². The van der Waals surface area contributed by atoms with Gasteiger partial charge in [-0.3, -0.25) is 0 Å². The molecule has 6 rings (SSSR count). The number of methoxy groups -OCH3 is 1. The third kappa shape index (κ3) is 7.06. The van der Waals surface area contributed by atoms with Gasteiger partial charge in [-0.2, -0.15) is 0 Å². The Balaban J connectivity index is 1.53. The Morgan fingerprint density at radius 1 is 0.491 bits per heavy atom. The van der Waals surface area contributed by atoms with Crippen LogP contribution in [0.4, 0.5) is 0 Å². The molecule has 0 heterocycles. The number of hydrogen-bond acceptors (Lipinski definition) is 1. The molecule has 0 fully saturated rings. The van der Waals surface area contributed by atoms with Crippen molar-refractivity contribution in [2.24, 2.45) is 0 Å². The second-order valence-electron chi connectivity index (χ2n) is 21.0. The van der Waals surface area contributed by atoms with Gasteiger partial charge in [-0.05, 0) is 103 Å². The van der Waals surface area contributed by atoms with E-state index in [9.17, 15) is 0 Å². The molecule has 2 aliphatic rings. The van der Waals surface area contributed by atoms with Crippen molar-refractivity contribution in [2.45, 2.75) is 143 Å². The molecule has 0 amide bonds. The van der Waals surface area contributed by atoms with E-state index in [0.717, 1.165) is 5.75 Å². The van der Waals surface area contributed by atoms with Crippen molar-refractivity contribution in [2.75, 3.05) is 7.11 Å². The summed E-state index contributed by atoms with van der Waals surface area (Å²) < 4.78 is 6.29. The zero-order valence-corrected chi connectivity index (χ0v) is 37.1. The van der Waals surface area contributed by atoms with Crippen molar-refractivity contribution in [3.8, 4) is 28.0 Å². The molecule has 0 aromatic heterocycles. The van der Waals surface area contributed by atoms with Crippen LogP contribution in [0.5, 0.6) is 5.75 Å². The third-order valence-corrected chi connectivity index (χ3v) is 16.8. The molecule has 280 valence electrons. The largest absolute Gasteiger partial charge is 0.496 e. The quantitative estimate of drug-likeness (QED) is 0.186. The summed E-state index contributed by atoms with van der Waals surface area (Å²) >= 11 is 0. The van der Waals surface area contributed by atoms with Crippen LogP contribution in [0.1, 0.15) is 153 Å². The van der Waals surface area contributed by atoms with E-state index in [2.05, 4.69) is 189 Å². The van der Waals surface area contributed by atoms with Gasteiger partial charge in [0.1, 0.15) is 5.75 Å². The van der Waals surface area contributed by atoms with Gasteiger partial charge in [0.15, 0.2) is 0 Å². The maximum absolute atomic E-state index is 6.29. The maximum atomic E-state index is 6.29. The number of benzene rings is 4. The lowest BCUT2D eigenvalue weighted by atomic mass is 9.78. The van der Waals surface area contributed by atoms with E-state index >= 15 is 0 Å². The van der Waals surface area contributed by atoms with Crippen molar-refractivity contribution in [1.82, 2.24) is 0 Å². The molecule has 4 aromatic carbocycles. The zero-order chi connectivity index (χ0) is 39.2. The lowest BCUT2D eigenvalue weighted by Crippen LogP contribution is -2.42. The van der Waals surface area contributed by atoms with Gasteiger partial charge in [0.2, 0.25) is 0 Å². The predicted octanol–water partition coefficient (Wildman–Crippen LogP) is 14.7. The van der Waals surface area contributed by atoms with Crippen LogP contribution in [0.25, 0.3) is 34.4 Å². The highest BCUT2D eigenvalue weighted by molar-refractivity contribution is 6.81. The maximum Gasteiger partial charge on any atom is 0.123 e. The summed E-state index contributed by atoms with van der Waals surface area (Å²) in [5, 5.41) is 0. The monoisotopic (exact) mass is 722 g/mol. The van der Waals surface area contributed by atoms with Crippen molar-refractivity contribution < 1.29 is 4.74 Å². The lowest BCUT2D eigenvalue weighted by molar-refractivity contribution is 0.410. The molecule has 0 spiro atoms. The van der Waals surface area contributed by atoms with Crippen LogP contribution in [0.2, 0.25) is 13.1 Å². The van der Waals surface area contributed by atoms with Gasteiger partial charge < -0.3 is 4.74 Å². The summed E-state index contributed by atoms with van der Waals surface area (Å²) in [5.41, 5.74) is 20.5. The summed E-state index contributed by atoms with van der Waals surface area (Å²) in [6.07, 6.45) is 5.04. The fourth-order valence-electron chi connectivity index (χ4n) is 9.25. The third-order valence-electron chi connectivity index (χ3n) is 12.3. The minimum absolute atomic E-state index is 0.0310. The van der Waals surface area contributed by atoms with E-state index < -0.39 is 8.07 Å². The Hall–Kier alpha value is -3.62. The van der Waals surface area contributed by atoms with Crippen LogP contribution in [-0.4, -0.2) is 15.2 Å². The van der Waals surface area contributed by atoms with Gasteiger partial charge in [-0.25, -0.2) is 0 Å². The second kappa shape index (κ2) is 13.0. The molecule has 4 aromatic rings. The fourth-order valence-corrected chi connectivity index (χ4v) is 14.2. The average molecular weight is 723 g/mol. The second-order valence-corrected chi connectivity index (χ2v) is 25.8. The Labute approximate surface area is 324 Å². The molecule has 0 saturated carbocycles. The number of hydrogen-bond donors (Lipinski definition) is 0. The highest BCUT2D eigenvalue weighted by Crippen LogP contribution is 2.57. The minimum Gasteiger partial charge on any atom is -0.496 e. The lowest BCUT2D eigenvalue weighted by Gasteiger charge is -2.40. The average Bonchev–Trinajstić information content (AvgIpc) is 3.58. The molecule has 2 heteroatoms. The standard InChI is InChI=1S/C51H66OSi/c1-31-24-41-40(33-18-20-35(21-19-33)48(3,4)5)29-38(51(12,13)14)30-43(41)46(31)53(16,17)47-32(2)25-42-39(22-23-44(52-15)45(42)47)34-26-36(49(6,7)8)28-37(27-34)50(9,10)11/h18-30,46-47H,1-17H3. The van der Waals surface area contributed by atoms with Crippen molar-refractivity contribution in [3.63, 3.8) is 0 Å². The summed E-state index contributed by atoms with van der Waals surface area (Å²) in [6.45, 7) is 38.0. The topological polar surface area (TPSA) is 9.23 Å². The molecule has 0 aliphatic heterocycles. The Morgan fingerprint density at radius 3 is 1.49 bits per heavy atom. The molecule has 0 bridgehead atoms. The number of rotatable bonds is 5. The van der Waals surface area contributed by atoms with Crippen LogP contribution < -0.4 is 4.74 Å². The van der Waals surface area contributed by atoms with E-state index in [1.165, 1.54) is 77.9 Å². The van der Waals surface area contributed by atoms with Gasteiger partial charge in [-0.15, -0.1) is 0 Å². The molecule has 2 unspecified atom stereocenters. The molecule has 0 N–H and O–H groups in total. The first-order chi connectivity index (χ1) is 24.3. The molecule has 1 nitrogen and oxygen atoms in total. The van der Waals surface area contributed by atoms with E-state index in [4.69, 9.17) is 4.74 Å². The molecule has 0 saturated heterocycles. The van der Waals surface area contributed by atoms with Crippen LogP contribution in [0, 0.1) is 0 Å². The first kappa shape index (κ1) is 39.1. The first-order valence-electron chi connectivity index (χ1n) is 19.9. The van der Waals surface area contributed by atoms with Gasteiger partial charge >= 0.3 is 0 Å². The summed E-state index contributed by atoms with van der Waals surface area (Å²) in [5.74, 6) is 1.02. The Kier molecular flexibility index (Phi) is 9.59. The van der Waals surface area contributed by atoms with Crippen LogP contribution in [-0.2, 0) is 21.7 Å². The Morgan fingerprint density at radius 2 is 0.981 bits per heavy atom. The highest BCUT2D eigenvalue weighted by Gasteiger charge is 2.48. The van der Waals surface area contributed by atoms with E-state index in [1.807, 2.05) is 7.11 Å². The van der Waals surface area contributed by atoms with Crippen molar-refractivity contribution in [3.05, 3.63) is 122 Å².